The second kappa shape index (κ2) is 5.91. The van der Waals surface area contributed by atoms with E-state index < -0.39 is 35.8 Å². The monoisotopic (exact) mass is 193 g/mol. The van der Waals surface area contributed by atoms with Crippen molar-refractivity contribution >= 4 is 11.8 Å². The molecule has 0 fully saturated rings. The number of hydrogen-bond donors (Lipinski definition) is 0. The van der Waals surface area contributed by atoms with Crippen LogP contribution in [0.15, 0.2) is 30.3 Å². The Hall–Kier alpha value is -0.640. The fourth-order valence-electron chi connectivity index (χ4n) is 0.548. The SMILES string of the molecule is [2H]c1[13cH]c([2H])c(C([2H])([2H])C(=O)C(=O)[O-])c([2H])[13cH]1.[Na+]. The molecule has 0 N–H and O–H groups in total. The summed E-state index contributed by atoms with van der Waals surface area (Å²) in [5.41, 5.74) is -0.678. The second-order valence-electron chi connectivity index (χ2n) is 1.86. The average molecular weight is 193 g/mol. The fourth-order valence-corrected chi connectivity index (χ4v) is 0.548. The number of carbonyl (C=O) groups is 2. The van der Waals surface area contributed by atoms with E-state index in [-0.39, 0.29) is 35.6 Å². The van der Waals surface area contributed by atoms with E-state index in [1.165, 1.54) is 0 Å². The molecule has 4 heteroatoms. The van der Waals surface area contributed by atoms with E-state index in [0.717, 1.165) is 12.1 Å². The third-order valence-electron chi connectivity index (χ3n) is 1.02. The molecule has 0 radical (unpaired) electrons. The van der Waals surface area contributed by atoms with Crippen LogP contribution in [-0.4, -0.2) is 11.8 Å². The predicted octanol–water partition coefficient (Wildman–Crippen LogP) is -3.45. The van der Waals surface area contributed by atoms with Gasteiger partial charge in [0.15, 0.2) is 5.78 Å². The number of rotatable bonds is 3. The van der Waals surface area contributed by atoms with Crippen LogP contribution in [0, 0.1) is 0 Å². The van der Waals surface area contributed by atoms with Gasteiger partial charge in [0.2, 0.25) is 0 Å². The van der Waals surface area contributed by atoms with Crippen LogP contribution >= 0.6 is 0 Å². The average Bonchev–Trinajstić information content (AvgIpc) is 2.13. The van der Waals surface area contributed by atoms with Crippen molar-refractivity contribution in [2.75, 3.05) is 0 Å². The number of Topliss-reactive ketones (excluding diaryl/α,β-unsaturated/α-hetero) is 1. The van der Waals surface area contributed by atoms with Crippen LogP contribution in [-0.2, 0) is 16.0 Å². The van der Waals surface area contributed by atoms with Crippen molar-refractivity contribution in [2.24, 2.45) is 0 Å². The third-order valence-corrected chi connectivity index (χ3v) is 1.02. The van der Waals surface area contributed by atoms with Gasteiger partial charge in [-0.3, -0.25) is 4.79 Å². The van der Waals surface area contributed by atoms with Gasteiger partial charge in [-0.25, -0.2) is 0 Å². The van der Waals surface area contributed by atoms with Crippen molar-refractivity contribution in [1.29, 1.82) is 0 Å². The van der Waals surface area contributed by atoms with Crippen LogP contribution in [0.4, 0.5) is 0 Å². The molecule has 0 atom stereocenters. The maximum atomic E-state index is 11.1. The van der Waals surface area contributed by atoms with Gasteiger partial charge in [0.1, 0.15) is 5.97 Å². The molecule has 0 aromatic heterocycles. The van der Waals surface area contributed by atoms with Crippen molar-refractivity contribution in [3.05, 3.63) is 35.8 Å². The number of benzene rings is 1. The zero-order valence-corrected chi connectivity index (χ0v) is 8.88. The smallest absolute Gasteiger partial charge is 0.542 e. The van der Waals surface area contributed by atoms with Gasteiger partial charge in [-0.1, -0.05) is 30.3 Å². The molecule has 0 spiro atoms. The van der Waals surface area contributed by atoms with Gasteiger partial charge in [-0.2, -0.15) is 0 Å². The zero-order chi connectivity index (χ0) is 13.4. The van der Waals surface area contributed by atoms with Gasteiger partial charge < -0.3 is 9.90 Å². The Bertz CT molecular complexity index is 480. The zero-order valence-electron chi connectivity index (χ0n) is 11.9. The molecule has 0 aliphatic heterocycles. The van der Waals surface area contributed by atoms with Crippen molar-refractivity contribution in [3.63, 3.8) is 0 Å². The molecular weight excluding hydrogens is 181 g/mol. The van der Waals surface area contributed by atoms with Crippen LogP contribution in [0.3, 0.4) is 0 Å². The van der Waals surface area contributed by atoms with E-state index in [4.69, 9.17) is 6.85 Å². The van der Waals surface area contributed by atoms with Gasteiger partial charge in [0.25, 0.3) is 0 Å². The molecule has 0 saturated carbocycles. The molecule has 1 rings (SSSR count). The van der Waals surface area contributed by atoms with Gasteiger partial charge in [-0.15, -0.1) is 0 Å². The summed E-state index contributed by atoms with van der Waals surface area (Å²) in [5.74, 6) is -4.07. The predicted molar refractivity (Wildman–Crippen MR) is 40.2 cm³/mol. The van der Waals surface area contributed by atoms with Crippen molar-refractivity contribution in [1.82, 2.24) is 0 Å². The van der Waals surface area contributed by atoms with E-state index >= 15 is 0 Å². The Morgan fingerprint density at radius 3 is 2.46 bits per heavy atom. The normalized spacial score (nSPS) is 15.2. The first kappa shape index (κ1) is 5.96. The molecule has 0 amide bonds. The third kappa shape index (κ3) is 4.22. The maximum absolute atomic E-state index is 11.1. The van der Waals surface area contributed by atoms with Gasteiger partial charge in [-0.05, 0) is 5.56 Å². The van der Waals surface area contributed by atoms with Crippen LogP contribution in [0.1, 0.15) is 12.4 Å². The van der Waals surface area contributed by atoms with Gasteiger partial charge in [0, 0.05) is 9.11 Å². The van der Waals surface area contributed by atoms with Crippen LogP contribution in [0.25, 0.3) is 0 Å². The summed E-state index contributed by atoms with van der Waals surface area (Å²) >= 11 is 0. The number of ketones is 1. The minimum absolute atomic E-state index is 0. The number of aliphatic carboxylic acids is 1. The number of carbonyl (C=O) groups excluding carboxylic acids is 2. The quantitative estimate of drug-likeness (QED) is 0.370. The summed E-state index contributed by atoms with van der Waals surface area (Å²) in [7, 11) is 0. The van der Waals surface area contributed by atoms with Crippen LogP contribution in [0.2, 0.25) is 0 Å². The summed E-state index contributed by atoms with van der Waals surface area (Å²) in [6.07, 6.45) is -3.01. The molecule has 0 aliphatic rings. The summed E-state index contributed by atoms with van der Waals surface area (Å²) in [6.45, 7) is 0. The molecule has 62 valence electrons. The summed E-state index contributed by atoms with van der Waals surface area (Å²) in [5, 5.41) is 10.3. The van der Waals surface area contributed by atoms with Gasteiger partial charge in [0.05, 0.1) is 4.11 Å². The van der Waals surface area contributed by atoms with Crippen molar-refractivity contribution in [3.8, 4) is 0 Å². The minimum Gasteiger partial charge on any atom is -0.542 e. The van der Waals surface area contributed by atoms with Crippen molar-refractivity contribution < 1.29 is 51.1 Å². The van der Waals surface area contributed by atoms with E-state index in [9.17, 15) is 14.7 Å². The summed E-state index contributed by atoms with van der Waals surface area (Å²) in [6, 6.07) is 0.520. The minimum atomic E-state index is -3.01. The number of carboxylic acids is 1. The summed E-state index contributed by atoms with van der Waals surface area (Å²) < 4.78 is 36.7. The Morgan fingerprint density at radius 1 is 1.46 bits per heavy atom. The second-order valence-corrected chi connectivity index (χ2v) is 1.86. The first-order valence-electron chi connectivity index (χ1n) is 5.52. The Kier molecular flexibility index (Phi) is 2.71. The molecule has 0 bridgehead atoms. The topological polar surface area (TPSA) is 57.2 Å². The van der Waals surface area contributed by atoms with E-state index in [0.29, 0.717) is 0 Å². The Morgan fingerprint density at radius 2 is 2.00 bits per heavy atom. The molecule has 0 saturated heterocycles. The molecule has 0 aliphatic carbocycles. The largest absolute Gasteiger partial charge is 1.00 e. The number of hydrogen-bond acceptors (Lipinski definition) is 3. The molecule has 0 heterocycles. The fraction of sp³-hybridized carbons (Fsp3) is 0.111. The molecule has 1 aromatic rings. The van der Waals surface area contributed by atoms with Crippen molar-refractivity contribution in [2.45, 2.75) is 6.37 Å². The molecule has 3 nitrogen and oxygen atoms in total. The molecular formula is C9H7NaO3. The van der Waals surface area contributed by atoms with Gasteiger partial charge >= 0.3 is 29.6 Å². The first-order valence-corrected chi connectivity index (χ1v) is 3.02. The number of carboxylic acid groups (broad SMARTS) is 1. The summed E-state index contributed by atoms with van der Waals surface area (Å²) in [4.78, 5) is 21.5. The van der Waals surface area contributed by atoms with E-state index in [1.54, 1.807) is 0 Å². The molecule has 0 unspecified atom stereocenters. The van der Waals surface area contributed by atoms with Crippen LogP contribution in [0.5, 0.6) is 0 Å². The molecule has 1 aromatic carbocycles. The standard InChI is InChI=1S/C9H8O3.Na/c10-8(9(11)12)6-7-4-2-1-3-5-7;/h1-5H,6H2,(H,11,12);/q;+1/p-1/i1D,2+1,3+1,4D,5D,6D2;. The van der Waals surface area contributed by atoms with E-state index in [1.807, 2.05) is 0 Å². The first-order chi connectivity index (χ1) is 7.67. The maximum Gasteiger partial charge on any atom is 1.00 e. The Balaban J connectivity index is 0.00000289. The molecule has 13 heavy (non-hydrogen) atoms. The Labute approximate surface area is 105 Å². The van der Waals surface area contributed by atoms with Crippen LogP contribution < -0.4 is 34.7 Å². The van der Waals surface area contributed by atoms with E-state index in [2.05, 4.69) is 0 Å².